The molecule has 1 unspecified atom stereocenters. The van der Waals surface area contributed by atoms with Gasteiger partial charge in [-0.15, -0.1) is 26.3 Å². The number of hydrogen-bond donors (Lipinski definition) is 0. The number of alkyl halides is 6. The van der Waals surface area contributed by atoms with Crippen LogP contribution in [0.15, 0.2) is 139 Å². The summed E-state index contributed by atoms with van der Waals surface area (Å²) in [5, 5.41) is 0. The van der Waals surface area contributed by atoms with Crippen molar-refractivity contribution in [3.8, 4) is 11.5 Å². The molecule has 6 rings (SSSR count). The number of benzene rings is 2. The third kappa shape index (κ3) is 8.79. The lowest BCUT2D eigenvalue weighted by Gasteiger charge is -2.30. The molecule has 0 aliphatic carbocycles. The first-order valence-electron chi connectivity index (χ1n) is 16.1. The molecule has 3 aliphatic heterocycles. The maximum Gasteiger partial charge on any atom is 0.573 e. The average Bonchev–Trinajstić information content (AvgIpc) is 3.09. The molecule has 0 radical (unpaired) electrons. The van der Waals surface area contributed by atoms with Gasteiger partial charge >= 0.3 is 12.7 Å². The average molecular weight is 694 g/mol. The summed E-state index contributed by atoms with van der Waals surface area (Å²) < 4.78 is 87.7. The van der Waals surface area contributed by atoms with E-state index in [4.69, 9.17) is 0 Å². The van der Waals surface area contributed by atoms with Crippen molar-refractivity contribution >= 4 is 16.9 Å². The largest absolute Gasteiger partial charge is 0.573 e. The first-order chi connectivity index (χ1) is 23.9. The Morgan fingerprint density at radius 1 is 0.680 bits per heavy atom. The Morgan fingerprint density at radius 3 is 1.70 bits per heavy atom. The van der Waals surface area contributed by atoms with Gasteiger partial charge in [-0.3, -0.25) is 0 Å². The lowest BCUT2D eigenvalue weighted by Crippen LogP contribution is -2.36. The van der Waals surface area contributed by atoms with Gasteiger partial charge in [0.25, 0.3) is 0 Å². The van der Waals surface area contributed by atoms with Gasteiger partial charge in [0, 0.05) is 62.8 Å². The van der Waals surface area contributed by atoms with E-state index >= 15 is 0 Å². The van der Waals surface area contributed by atoms with Crippen molar-refractivity contribution in [3.05, 3.63) is 145 Å². The van der Waals surface area contributed by atoms with Crippen molar-refractivity contribution in [3.63, 3.8) is 0 Å². The number of para-hydroxylation sites is 4. The number of aryl methyl sites for hydroxylation is 1. The Bertz CT molecular complexity index is 1860. The van der Waals surface area contributed by atoms with E-state index in [0.717, 1.165) is 41.8 Å². The topological polar surface area (TPSA) is 32.1 Å². The van der Waals surface area contributed by atoms with Gasteiger partial charge in [0.15, 0.2) is 23.9 Å². The van der Waals surface area contributed by atoms with Crippen LogP contribution in [-0.2, 0) is 6.54 Å². The normalized spacial score (nSPS) is 17.8. The zero-order valence-electron chi connectivity index (χ0n) is 27.1. The molecule has 0 amide bonds. The van der Waals surface area contributed by atoms with E-state index in [0.29, 0.717) is 24.5 Å². The van der Waals surface area contributed by atoms with E-state index in [1.165, 1.54) is 24.3 Å². The Balaban J connectivity index is 0.976. The standard InChI is InChI=1S/C38H35F6N4O2/c1-28-27-32(31-15-25-48(26-16-31)34-8-3-5-10-36(34)50-38(42,43)44)17-22-46(28)19-6-18-45-20-11-29(12-21-45)30-13-23-47(24-14-30)33-7-2-4-9-35(33)49-37(39,40)41/h2-5,7-17,20-23,25,27-28H,6,18-19,24,26H2,1H3/q+1. The summed E-state index contributed by atoms with van der Waals surface area (Å²) in [7, 11) is 0. The van der Waals surface area contributed by atoms with Crippen LogP contribution in [-0.4, -0.2) is 43.3 Å². The molecule has 3 aromatic rings. The van der Waals surface area contributed by atoms with E-state index in [1.54, 1.807) is 46.5 Å². The van der Waals surface area contributed by atoms with Crippen LogP contribution >= 0.6 is 0 Å². The summed E-state index contributed by atoms with van der Waals surface area (Å²) >= 11 is 0. The minimum atomic E-state index is -4.77. The predicted molar refractivity (Wildman–Crippen MR) is 180 cm³/mol. The third-order valence-corrected chi connectivity index (χ3v) is 8.46. The molecule has 1 aromatic heterocycles. The number of allylic oxidation sites excluding steroid dienone is 6. The van der Waals surface area contributed by atoms with Gasteiger partial charge in [0.1, 0.15) is 6.54 Å². The van der Waals surface area contributed by atoms with E-state index in [-0.39, 0.29) is 17.5 Å². The number of pyridine rings is 1. The van der Waals surface area contributed by atoms with Gasteiger partial charge in [-0.05, 0) is 71.7 Å². The molecule has 0 spiro atoms. The van der Waals surface area contributed by atoms with Gasteiger partial charge < -0.3 is 24.2 Å². The number of hydrogen-bond acceptors (Lipinski definition) is 5. The molecule has 12 heteroatoms. The Hall–Kier alpha value is -5.39. The SMILES string of the molecule is CC1C=C(C2=CCN(c3ccccc3OC(F)(F)F)C=C2)C=CN1CCC[n+]1ccc(C2=CCN(c3ccccc3OC(F)(F)F)C=C2)cc1. The zero-order valence-corrected chi connectivity index (χ0v) is 27.1. The van der Waals surface area contributed by atoms with Gasteiger partial charge in [-0.1, -0.05) is 42.5 Å². The van der Waals surface area contributed by atoms with Gasteiger partial charge in [-0.25, -0.2) is 4.57 Å². The number of rotatable bonds is 10. The molecule has 2 aromatic carbocycles. The quantitative estimate of drug-likeness (QED) is 0.157. The molecule has 50 heavy (non-hydrogen) atoms. The molecule has 0 saturated carbocycles. The van der Waals surface area contributed by atoms with Crippen LogP contribution in [0, 0.1) is 0 Å². The second-order valence-electron chi connectivity index (χ2n) is 11.9. The van der Waals surface area contributed by atoms with Crippen molar-refractivity contribution in [2.24, 2.45) is 0 Å². The highest BCUT2D eigenvalue weighted by molar-refractivity contribution is 5.77. The summed E-state index contributed by atoms with van der Waals surface area (Å²) in [6.45, 7) is 4.60. The summed E-state index contributed by atoms with van der Waals surface area (Å²) in [4.78, 5) is 5.69. The molecular weight excluding hydrogens is 658 g/mol. The van der Waals surface area contributed by atoms with E-state index in [2.05, 4.69) is 44.2 Å². The van der Waals surface area contributed by atoms with Crippen molar-refractivity contribution in [1.82, 2.24) is 4.90 Å². The summed E-state index contributed by atoms with van der Waals surface area (Å²) in [6, 6.07) is 16.4. The van der Waals surface area contributed by atoms with Crippen molar-refractivity contribution in [1.29, 1.82) is 0 Å². The van der Waals surface area contributed by atoms with Crippen molar-refractivity contribution in [2.75, 3.05) is 29.4 Å². The van der Waals surface area contributed by atoms with Crippen LogP contribution in [0.2, 0.25) is 0 Å². The predicted octanol–water partition coefficient (Wildman–Crippen LogP) is 8.68. The number of aromatic nitrogens is 1. The van der Waals surface area contributed by atoms with Gasteiger partial charge in [0.2, 0.25) is 0 Å². The third-order valence-electron chi connectivity index (χ3n) is 8.46. The molecule has 0 saturated heterocycles. The molecular formula is C38H35F6N4O2+. The van der Waals surface area contributed by atoms with Crippen LogP contribution in [0.5, 0.6) is 11.5 Å². The minimum absolute atomic E-state index is 0.159. The maximum atomic E-state index is 12.9. The molecule has 0 bridgehead atoms. The van der Waals surface area contributed by atoms with Crippen LogP contribution in [0.25, 0.3) is 5.57 Å². The Labute approximate surface area is 286 Å². The zero-order chi connectivity index (χ0) is 35.3. The highest BCUT2D eigenvalue weighted by Crippen LogP contribution is 2.36. The molecule has 4 heterocycles. The molecule has 0 fully saturated rings. The molecule has 0 N–H and O–H groups in total. The highest BCUT2D eigenvalue weighted by Gasteiger charge is 2.33. The number of ether oxygens (including phenoxy) is 2. The lowest BCUT2D eigenvalue weighted by atomic mass is 9.98. The second-order valence-corrected chi connectivity index (χ2v) is 11.9. The Kier molecular flexibility index (Phi) is 10.1. The number of halogens is 6. The number of nitrogens with zero attached hydrogens (tertiary/aromatic N) is 4. The second kappa shape index (κ2) is 14.6. The minimum Gasteiger partial charge on any atom is -0.404 e. The Morgan fingerprint density at radius 2 is 1.20 bits per heavy atom. The van der Waals surface area contributed by atoms with E-state index < -0.39 is 12.7 Å². The van der Waals surface area contributed by atoms with E-state index in [9.17, 15) is 26.3 Å². The van der Waals surface area contributed by atoms with Crippen LogP contribution in [0.3, 0.4) is 0 Å². The van der Waals surface area contributed by atoms with Gasteiger partial charge in [0.05, 0.1) is 11.4 Å². The smallest absolute Gasteiger partial charge is 0.404 e. The maximum absolute atomic E-state index is 12.9. The molecule has 6 nitrogen and oxygen atoms in total. The van der Waals surface area contributed by atoms with Crippen LogP contribution < -0.4 is 23.8 Å². The van der Waals surface area contributed by atoms with Crippen LogP contribution in [0.4, 0.5) is 37.7 Å². The first-order valence-corrected chi connectivity index (χ1v) is 16.1. The van der Waals surface area contributed by atoms with E-state index in [1.807, 2.05) is 48.8 Å². The summed E-state index contributed by atoms with van der Waals surface area (Å²) in [5.74, 6) is -0.487. The first kappa shape index (κ1) is 34.5. The fourth-order valence-electron chi connectivity index (χ4n) is 6.02. The van der Waals surface area contributed by atoms with Crippen molar-refractivity contribution < 1.29 is 40.4 Å². The molecule has 260 valence electrons. The monoisotopic (exact) mass is 693 g/mol. The van der Waals surface area contributed by atoms with Crippen LogP contribution in [0.1, 0.15) is 18.9 Å². The number of anilines is 2. The molecule has 1 atom stereocenters. The van der Waals surface area contributed by atoms with Crippen molar-refractivity contribution in [2.45, 2.75) is 38.7 Å². The lowest BCUT2D eigenvalue weighted by molar-refractivity contribution is -0.697. The molecule has 3 aliphatic rings. The summed E-state index contributed by atoms with van der Waals surface area (Å²) in [6.07, 6.45) is 13.0. The van der Waals surface area contributed by atoms with Gasteiger partial charge in [-0.2, -0.15) is 0 Å². The highest BCUT2D eigenvalue weighted by atomic mass is 19.4. The fraction of sp³-hybridized carbons (Fsp3) is 0.237. The fourth-order valence-corrected chi connectivity index (χ4v) is 6.02. The summed E-state index contributed by atoms with van der Waals surface area (Å²) in [5.41, 5.74) is 4.73.